The molecule has 0 aliphatic heterocycles. The van der Waals surface area contributed by atoms with Crippen LogP contribution < -0.4 is 0 Å². The van der Waals surface area contributed by atoms with E-state index in [9.17, 15) is 0 Å². The van der Waals surface area contributed by atoms with E-state index in [1.54, 1.807) is 0 Å². The van der Waals surface area contributed by atoms with Crippen molar-refractivity contribution < 1.29 is 0 Å². The third-order valence-corrected chi connectivity index (χ3v) is 8.31. The van der Waals surface area contributed by atoms with Crippen molar-refractivity contribution in [2.45, 2.75) is 0 Å². The van der Waals surface area contributed by atoms with Gasteiger partial charge in [0.1, 0.15) is 0 Å². The van der Waals surface area contributed by atoms with Crippen LogP contribution >= 0.6 is 0 Å². The smallest absolute Gasteiger partial charge is 0.0714 e. The average molecular weight is 534 g/mol. The maximum absolute atomic E-state index is 5.01. The van der Waals surface area contributed by atoms with Crippen molar-refractivity contribution in [1.29, 1.82) is 0 Å². The second kappa shape index (κ2) is 10.1. The Morgan fingerprint density at radius 1 is 0.333 bits per heavy atom. The monoisotopic (exact) mass is 533 g/mol. The van der Waals surface area contributed by atoms with Gasteiger partial charge in [0.25, 0.3) is 0 Å². The quantitative estimate of drug-likeness (QED) is 0.205. The van der Waals surface area contributed by atoms with Crippen molar-refractivity contribution in [3.63, 3.8) is 0 Å². The largest absolute Gasteiger partial charge is 0.256 e. The van der Waals surface area contributed by atoms with Crippen molar-refractivity contribution in [2.75, 3.05) is 0 Å². The second-order valence-electron chi connectivity index (χ2n) is 10.7. The van der Waals surface area contributed by atoms with Gasteiger partial charge in [0.2, 0.25) is 0 Å². The number of fused-ring (bicyclic) bond motifs is 3. The molecule has 1 nitrogen and oxygen atoms in total. The number of hydrogen-bond acceptors (Lipinski definition) is 1. The molecule has 0 atom stereocenters. The second-order valence-corrected chi connectivity index (χ2v) is 10.7. The minimum Gasteiger partial charge on any atom is -0.256 e. The number of aromatic nitrogens is 1. The Balaban J connectivity index is 1.35. The minimum atomic E-state index is 0.984. The Morgan fingerprint density at radius 2 is 0.881 bits per heavy atom. The van der Waals surface area contributed by atoms with Gasteiger partial charge < -0.3 is 0 Å². The first kappa shape index (κ1) is 24.3. The molecule has 1 heterocycles. The third kappa shape index (κ3) is 4.06. The van der Waals surface area contributed by atoms with Crippen LogP contribution in [-0.4, -0.2) is 4.98 Å². The van der Waals surface area contributed by atoms with Crippen LogP contribution in [0.4, 0.5) is 0 Å². The molecule has 0 unspecified atom stereocenters. The van der Waals surface area contributed by atoms with Crippen LogP contribution in [0, 0.1) is 0 Å². The molecule has 0 N–H and O–H groups in total. The fourth-order valence-electron chi connectivity index (χ4n) is 6.38. The lowest BCUT2D eigenvalue weighted by Gasteiger charge is -2.18. The molecule has 1 heteroatoms. The molecule has 8 aromatic rings. The van der Waals surface area contributed by atoms with Crippen LogP contribution in [0.5, 0.6) is 0 Å². The van der Waals surface area contributed by atoms with Crippen LogP contribution in [0.15, 0.2) is 164 Å². The fraction of sp³-hybridized carbons (Fsp3) is 0. The van der Waals surface area contributed by atoms with E-state index in [0.29, 0.717) is 0 Å². The molecule has 0 saturated carbocycles. The van der Waals surface area contributed by atoms with Gasteiger partial charge in [-0.15, -0.1) is 0 Å². The lowest BCUT2D eigenvalue weighted by atomic mass is 9.86. The van der Waals surface area contributed by atoms with Gasteiger partial charge in [-0.2, -0.15) is 0 Å². The van der Waals surface area contributed by atoms with Gasteiger partial charge in [-0.3, -0.25) is 4.98 Å². The van der Waals surface area contributed by atoms with Crippen molar-refractivity contribution in [1.82, 2.24) is 4.98 Å². The summed E-state index contributed by atoms with van der Waals surface area (Å²) in [5.74, 6) is 0. The van der Waals surface area contributed by atoms with E-state index in [-0.39, 0.29) is 0 Å². The van der Waals surface area contributed by atoms with Crippen molar-refractivity contribution in [3.05, 3.63) is 164 Å². The van der Waals surface area contributed by atoms with E-state index in [4.69, 9.17) is 4.98 Å². The first-order chi connectivity index (χ1) is 20.8. The van der Waals surface area contributed by atoms with Gasteiger partial charge in [0, 0.05) is 17.3 Å². The molecule has 7 aromatic carbocycles. The zero-order valence-corrected chi connectivity index (χ0v) is 23.0. The van der Waals surface area contributed by atoms with Gasteiger partial charge >= 0.3 is 0 Å². The van der Waals surface area contributed by atoms with Gasteiger partial charge in [0.05, 0.1) is 5.69 Å². The van der Waals surface area contributed by atoms with Crippen molar-refractivity contribution >= 4 is 32.3 Å². The van der Waals surface area contributed by atoms with E-state index in [2.05, 4.69) is 152 Å². The topological polar surface area (TPSA) is 12.9 Å². The van der Waals surface area contributed by atoms with Crippen LogP contribution in [0.3, 0.4) is 0 Å². The molecule has 0 fully saturated rings. The van der Waals surface area contributed by atoms with Crippen LogP contribution in [0.1, 0.15) is 0 Å². The summed E-state index contributed by atoms with van der Waals surface area (Å²) in [4.78, 5) is 5.01. The average Bonchev–Trinajstić information content (AvgIpc) is 3.07. The third-order valence-electron chi connectivity index (χ3n) is 8.31. The number of rotatable bonds is 4. The zero-order valence-electron chi connectivity index (χ0n) is 23.0. The highest BCUT2D eigenvalue weighted by Crippen LogP contribution is 2.44. The SMILES string of the molecule is c1ccc(-c2ccc(-c3c4ccccc4c(-c4cccc(-c5cccc6ccccc56)c4)c4ccccc34)nc2)cc1. The molecule has 42 heavy (non-hydrogen) atoms. The van der Waals surface area contributed by atoms with Crippen LogP contribution in [-0.2, 0) is 0 Å². The summed E-state index contributed by atoms with van der Waals surface area (Å²) in [6.07, 6.45) is 2.00. The summed E-state index contributed by atoms with van der Waals surface area (Å²) in [6, 6.07) is 56.5. The van der Waals surface area contributed by atoms with Crippen LogP contribution in [0.2, 0.25) is 0 Å². The summed E-state index contributed by atoms with van der Waals surface area (Å²) in [6.45, 7) is 0. The van der Waals surface area contributed by atoms with E-state index in [1.807, 2.05) is 12.3 Å². The summed E-state index contributed by atoms with van der Waals surface area (Å²) < 4.78 is 0. The van der Waals surface area contributed by atoms with Gasteiger partial charge in [-0.1, -0.05) is 146 Å². The normalized spacial score (nSPS) is 11.3. The highest BCUT2D eigenvalue weighted by molar-refractivity contribution is 6.21. The maximum atomic E-state index is 5.01. The Hall–Kier alpha value is -5.53. The predicted molar refractivity (Wildman–Crippen MR) is 178 cm³/mol. The molecule has 0 radical (unpaired) electrons. The molecular formula is C41H27N. The van der Waals surface area contributed by atoms with Gasteiger partial charge in [-0.05, 0) is 72.3 Å². The highest BCUT2D eigenvalue weighted by Gasteiger charge is 2.17. The Morgan fingerprint density at radius 3 is 1.57 bits per heavy atom. The fourth-order valence-corrected chi connectivity index (χ4v) is 6.38. The summed E-state index contributed by atoms with van der Waals surface area (Å²) >= 11 is 0. The highest BCUT2D eigenvalue weighted by atomic mass is 14.7. The molecule has 0 amide bonds. The van der Waals surface area contributed by atoms with E-state index in [1.165, 1.54) is 65.7 Å². The Kier molecular flexibility index (Phi) is 5.86. The summed E-state index contributed by atoms with van der Waals surface area (Å²) in [7, 11) is 0. The number of nitrogens with zero attached hydrogens (tertiary/aromatic N) is 1. The predicted octanol–water partition coefficient (Wildman–Crippen LogP) is 11.2. The standard InChI is InChI=1S/C41H27N/c1-2-12-28(13-3-1)32-24-25-39(42-27-32)41-37-21-8-6-19-35(37)40(36-20-7-9-22-38(36)41)31-17-10-16-30(26-31)34-23-11-15-29-14-4-5-18-33(29)34/h1-27H. The van der Waals surface area contributed by atoms with E-state index >= 15 is 0 Å². The number of benzene rings is 7. The molecular weight excluding hydrogens is 506 g/mol. The van der Waals surface area contributed by atoms with E-state index in [0.717, 1.165) is 11.3 Å². The first-order valence-electron chi connectivity index (χ1n) is 14.4. The van der Waals surface area contributed by atoms with E-state index < -0.39 is 0 Å². The molecule has 8 rings (SSSR count). The minimum absolute atomic E-state index is 0.984. The zero-order chi connectivity index (χ0) is 27.9. The lowest BCUT2D eigenvalue weighted by Crippen LogP contribution is -1.93. The van der Waals surface area contributed by atoms with Gasteiger partial charge in [-0.25, -0.2) is 0 Å². The summed E-state index contributed by atoms with van der Waals surface area (Å²) in [5.41, 5.74) is 9.40. The molecule has 1 aromatic heterocycles. The number of pyridine rings is 1. The molecule has 196 valence electrons. The maximum Gasteiger partial charge on any atom is 0.0714 e. The lowest BCUT2D eigenvalue weighted by molar-refractivity contribution is 1.34. The van der Waals surface area contributed by atoms with Gasteiger partial charge in [0.15, 0.2) is 0 Å². The molecule has 0 aliphatic carbocycles. The molecule has 0 bridgehead atoms. The first-order valence-corrected chi connectivity index (χ1v) is 14.4. The number of hydrogen-bond donors (Lipinski definition) is 0. The van der Waals surface area contributed by atoms with Crippen LogP contribution in [0.25, 0.3) is 77.0 Å². The summed E-state index contributed by atoms with van der Waals surface area (Å²) in [5, 5.41) is 7.41. The Bertz CT molecular complexity index is 2170. The Labute approximate surface area is 245 Å². The molecule has 0 saturated heterocycles. The molecule has 0 aliphatic rings. The van der Waals surface area contributed by atoms with Crippen molar-refractivity contribution in [2.24, 2.45) is 0 Å². The molecule has 0 spiro atoms. The van der Waals surface area contributed by atoms with Crippen molar-refractivity contribution in [3.8, 4) is 44.6 Å².